The second-order valence-corrected chi connectivity index (χ2v) is 9.28. The van der Waals surface area contributed by atoms with Crippen molar-refractivity contribution < 1.29 is 23.4 Å². The van der Waals surface area contributed by atoms with E-state index in [1.54, 1.807) is 12.1 Å². The topological polar surface area (TPSA) is 67.1 Å². The first-order chi connectivity index (χ1) is 18.6. The van der Waals surface area contributed by atoms with Gasteiger partial charge in [0, 0.05) is 11.6 Å². The summed E-state index contributed by atoms with van der Waals surface area (Å²) in [6, 6.07) is 28.5. The van der Waals surface area contributed by atoms with Crippen LogP contribution in [0.2, 0.25) is 0 Å². The fourth-order valence-corrected chi connectivity index (χ4v) is 4.56. The van der Waals surface area contributed by atoms with Crippen LogP contribution in [-0.2, 0) is 13.2 Å². The maximum Gasteiger partial charge on any atom is 0.207 e. The zero-order valence-electron chi connectivity index (χ0n) is 20.9. The maximum atomic E-state index is 13.3. The van der Waals surface area contributed by atoms with E-state index < -0.39 is 0 Å². The Morgan fingerprint density at radius 1 is 0.684 bits per heavy atom. The Bertz CT molecular complexity index is 1610. The van der Waals surface area contributed by atoms with E-state index in [4.69, 9.17) is 23.4 Å². The van der Waals surface area contributed by atoms with Crippen molar-refractivity contribution in [1.29, 1.82) is 0 Å². The number of ether oxygens (including phenoxy) is 4. The van der Waals surface area contributed by atoms with Gasteiger partial charge in [0.25, 0.3) is 0 Å². The van der Waals surface area contributed by atoms with Crippen molar-refractivity contribution in [3.63, 3.8) is 0 Å². The molecular formula is C31H25BrO6. The Balaban J connectivity index is 1.55. The highest BCUT2D eigenvalue weighted by molar-refractivity contribution is 9.10. The van der Waals surface area contributed by atoms with Crippen LogP contribution in [0, 0.1) is 0 Å². The Labute approximate surface area is 228 Å². The molecule has 1 aromatic heterocycles. The third-order valence-electron chi connectivity index (χ3n) is 6.02. The van der Waals surface area contributed by atoms with Gasteiger partial charge in [0.15, 0.2) is 28.8 Å². The molecule has 0 atom stereocenters. The number of rotatable bonds is 9. The first-order valence-electron chi connectivity index (χ1n) is 11.9. The molecule has 0 N–H and O–H groups in total. The average Bonchev–Trinajstić information content (AvgIpc) is 2.97. The average molecular weight is 573 g/mol. The zero-order chi connectivity index (χ0) is 26.5. The van der Waals surface area contributed by atoms with E-state index in [9.17, 15) is 4.79 Å². The first kappa shape index (κ1) is 25.4. The third-order valence-corrected chi connectivity index (χ3v) is 6.74. The van der Waals surface area contributed by atoms with Gasteiger partial charge in [-0.05, 0) is 51.3 Å². The van der Waals surface area contributed by atoms with Crippen LogP contribution in [0.1, 0.15) is 11.1 Å². The monoisotopic (exact) mass is 572 g/mol. The molecule has 7 heteroatoms. The molecule has 192 valence electrons. The molecule has 0 fully saturated rings. The largest absolute Gasteiger partial charge is 0.493 e. The smallest absolute Gasteiger partial charge is 0.207 e. The molecule has 0 aliphatic carbocycles. The second kappa shape index (κ2) is 11.4. The lowest BCUT2D eigenvalue weighted by Crippen LogP contribution is -2.06. The van der Waals surface area contributed by atoms with Crippen LogP contribution in [0.4, 0.5) is 0 Å². The number of hydrogen-bond donors (Lipinski definition) is 0. The standard InChI is InChI=1S/C31H25BrO6/c1-34-26-16-23-25(17-27(26)35-2)38-31(29(32)30(23)33)22-13-14-24(36-18-20-9-5-3-6-10-20)28(15-22)37-19-21-11-7-4-8-12-21/h3-17H,18-19H2,1-2H3. The summed E-state index contributed by atoms with van der Waals surface area (Å²) in [5, 5.41) is 0.377. The molecule has 4 aromatic carbocycles. The number of halogens is 1. The molecule has 0 aliphatic rings. The molecule has 0 bridgehead atoms. The van der Waals surface area contributed by atoms with Gasteiger partial charge >= 0.3 is 0 Å². The molecule has 0 saturated carbocycles. The molecule has 0 amide bonds. The van der Waals surface area contributed by atoms with Crippen LogP contribution < -0.4 is 24.4 Å². The molecule has 0 saturated heterocycles. The van der Waals surface area contributed by atoms with Crippen LogP contribution in [0.5, 0.6) is 23.0 Å². The fourth-order valence-electron chi connectivity index (χ4n) is 4.04. The molecule has 5 rings (SSSR count). The minimum absolute atomic E-state index is 0.224. The number of hydrogen-bond acceptors (Lipinski definition) is 6. The molecule has 0 unspecified atom stereocenters. The van der Waals surface area contributed by atoms with Gasteiger partial charge in [0.05, 0.1) is 19.6 Å². The minimum Gasteiger partial charge on any atom is -0.493 e. The zero-order valence-corrected chi connectivity index (χ0v) is 22.5. The molecule has 0 radical (unpaired) electrons. The Kier molecular flexibility index (Phi) is 7.65. The normalized spacial score (nSPS) is 10.8. The third kappa shape index (κ3) is 5.38. The van der Waals surface area contributed by atoms with Crippen molar-refractivity contribution in [3.05, 3.63) is 117 Å². The van der Waals surface area contributed by atoms with Gasteiger partial charge in [-0.3, -0.25) is 4.79 Å². The Morgan fingerprint density at radius 3 is 1.87 bits per heavy atom. The van der Waals surface area contributed by atoms with Gasteiger partial charge < -0.3 is 23.4 Å². The van der Waals surface area contributed by atoms with Crippen molar-refractivity contribution in [2.45, 2.75) is 13.2 Å². The van der Waals surface area contributed by atoms with E-state index in [2.05, 4.69) is 15.9 Å². The minimum atomic E-state index is -0.224. The van der Waals surface area contributed by atoms with Gasteiger partial charge in [-0.25, -0.2) is 0 Å². The highest BCUT2D eigenvalue weighted by atomic mass is 79.9. The van der Waals surface area contributed by atoms with Gasteiger partial charge in [-0.2, -0.15) is 0 Å². The molecule has 38 heavy (non-hydrogen) atoms. The van der Waals surface area contributed by atoms with Gasteiger partial charge in [0.1, 0.15) is 23.3 Å². The van der Waals surface area contributed by atoms with Crippen LogP contribution in [0.25, 0.3) is 22.3 Å². The van der Waals surface area contributed by atoms with Crippen molar-refractivity contribution in [2.24, 2.45) is 0 Å². The summed E-state index contributed by atoms with van der Waals surface area (Å²) in [7, 11) is 3.05. The lowest BCUT2D eigenvalue weighted by molar-refractivity contribution is 0.256. The van der Waals surface area contributed by atoms with Crippen molar-refractivity contribution in [2.75, 3.05) is 14.2 Å². The summed E-state index contributed by atoms with van der Waals surface area (Å²) >= 11 is 3.45. The van der Waals surface area contributed by atoms with E-state index in [0.717, 1.165) is 11.1 Å². The van der Waals surface area contributed by atoms with Crippen molar-refractivity contribution in [3.8, 4) is 34.3 Å². The van der Waals surface area contributed by atoms with Crippen molar-refractivity contribution in [1.82, 2.24) is 0 Å². The number of fused-ring (bicyclic) bond motifs is 1. The highest BCUT2D eigenvalue weighted by Crippen LogP contribution is 2.38. The molecule has 0 aliphatic heterocycles. The maximum absolute atomic E-state index is 13.3. The van der Waals surface area contributed by atoms with Crippen molar-refractivity contribution >= 4 is 26.9 Å². The predicted octanol–water partition coefficient (Wildman–Crippen LogP) is 7.40. The van der Waals surface area contributed by atoms with Gasteiger partial charge in [0.2, 0.25) is 5.43 Å². The summed E-state index contributed by atoms with van der Waals surface area (Å²) in [5.74, 6) is 2.40. The molecule has 1 heterocycles. The molecule has 5 aromatic rings. The predicted molar refractivity (Wildman–Crippen MR) is 150 cm³/mol. The summed E-state index contributed by atoms with van der Waals surface area (Å²) in [4.78, 5) is 13.3. The van der Waals surface area contributed by atoms with E-state index in [1.165, 1.54) is 14.2 Å². The summed E-state index contributed by atoms with van der Waals surface area (Å²) in [6.45, 7) is 0.740. The van der Waals surface area contributed by atoms with E-state index in [-0.39, 0.29) is 5.43 Å². The van der Waals surface area contributed by atoms with Crippen LogP contribution in [0.15, 0.2) is 105 Å². The quantitative estimate of drug-likeness (QED) is 0.183. The first-order valence-corrected chi connectivity index (χ1v) is 12.7. The number of benzene rings is 4. The summed E-state index contributed by atoms with van der Waals surface area (Å²) in [5.41, 5.74) is 2.87. The molecule has 6 nitrogen and oxygen atoms in total. The molecular weight excluding hydrogens is 548 g/mol. The SMILES string of the molecule is COc1cc2oc(-c3ccc(OCc4ccccc4)c(OCc4ccccc4)c3)c(Br)c(=O)c2cc1OC. The van der Waals surface area contributed by atoms with E-state index in [1.807, 2.05) is 78.9 Å². The lowest BCUT2D eigenvalue weighted by Gasteiger charge is -2.15. The molecule has 0 spiro atoms. The summed E-state index contributed by atoms with van der Waals surface area (Å²) in [6.07, 6.45) is 0. The van der Waals surface area contributed by atoms with E-state index in [0.29, 0.717) is 63.0 Å². The second-order valence-electron chi connectivity index (χ2n) is 8.49. The lowest BCUT2D eigenvalue weighted by atomic mass is 10.1. The summed E-state index contributed by atoms with van der Waals surface area (Å²) < 4.78 is 29.6. The van der Waals surface area contributed by atoms with Crippen LogP contribution in [0.3, 0.4) is 0 Å². The van der Waals surface area contributed by atoms with Crippen LogP contribution >= 0.6 is 15.9 Å². The number of methoxy groups -OCH3 is 2. The fraction of sp³-hybridized carbons (Fsp3) is 0.129. The Hall–Kier alpha value is -4.23. The highest BCUT2D eigenvalue weighted by Gasteiger charge is 2.19. The Morgan fingerprint density at radius 2 is 1.26 bits per heavy atom. The van der Waals surface area contributed by atoms with Gasteiger partial charge in [-0.15, -0.1) is 0 Å². The van der Waals surface area contributed by atoms with E-state index >= 15 is 0 Å². The van der Waals surface area contributed by atoms with Crippen LogP contribution in [-0.4, -0.2) is 14.2 Å². The van der Waals surface area contributed by atoms with Gasteiger partial charge in [-0.1, -0.05) is 60.7 Å².